The molecule has 7 heteroatoms. The van der Waals surface area contributed by atoms with Crippen LogP contribution >= 0.6 is 22.7 Å². The molecule has 0 spiro atoms. The smallest absolute Gasteiger partial charge is 0.265 e. The fraction of sp³-hybridized carbons (Fsp3) is 0.600. The Kier molecular flexibility index (Phi) is 8.26. The number of morpholine rings is 1. The molecule has 2 aromatic heterocycles. The van der Waals surface area contributed by atoms with E-state index in [1.807, 2.05) is 16.3 Å². The van der Waals surface area contributed by atoms with E-state index in [0.29, 0.717) is 0 Å². The second-order valence-corrected chi connectivity index (χ2v) is 8.79. The lowest BCUT2D eigenvalue weighted by atomic mass is 10.2. The molecule has 1 amide bonds. The van der Waals surface area contributed by atoms with Crippen LogP contribution in [0.1, 0.15) is 42.3 Å². The van der Waals surface area contributed by atoms with Gasteiger partial charge in [0, 0.05) is 32.7 Å². The van der Waals surface area contributed by atoms with Gasteiger partial charge >= 0.3 is 0 Å². The molecular formula is C20H29N3O2S2. The van der Waals surface area contributed by atoms with Gasteiger partial charge in [0.15, 0.2) is 0 Å². The van der Waals surface area contributed by atoms with E-state index in [2.05, 4.69) is 22.9 Å². The molecule has 3 rings (SSSR count). The maximum absolute atomic E-state index is 13.1. The molecule has 0 unspecified atom stereocenters. The summed E-state index contributed by atoms with van der Waals surface area (Å²) in [6.45, 7) is 8.24. The predicted octanol–water partition coefficient (Wildman–Crippen LogP) is 4.23. The van der Waals surface area contributed by atoms with E-state index in [-0.39, 0.29) is 5.91 Å². The number of carbonyl (C=O) groups is 1. The van der Waals surface area contributed by atoms with E-state index in [9.17, 15) is 4.79 Å². The van der Waals surface area contributed by atoms with Gasteiger partial charge < -0.3 is 9.64 Å². The number of carbonyl (C=O) groups excluding carboxylic acids is 1. The highest BCUT2D eigenvalue weighted by molar-refractivity contribution is 7.21. The summed E-state index contributed by atoms with van der Waals surface area (Å²) in [6, 6.07) is 4.07. The number of nitrogens with zero attached hydrogens (tertiary/aromatic N) is 3. The Balaban J connectivity index is 1.61. The van der Waals surface area contributed by atoms with E-state index in [1.165, 1.54) is 30.6 Å². The molecule has 1 saturated heterocycles. The minimum atomic E-state index is 0.125. The lowest BCUT2D eigenvalue weighted by Gasteiger charge is -2.30. The van der Waals surface area contributed by atoms with Crippen LogP contribution in [0.3, 0.4) is 0 Å². The van der Waals surface area contributed by atoms with Crippen LogP contribution in [0.5, 0.6) is 0 Å². The first-order chi connectivity index (χ1) is 13.3. The van der Waals surface area contributed by atoms with Crippen LogP contribution in [0.15, 0.2) is 23.7 Å². The van der Waals surface area contributed by atoms with Crippen molar-refractivity contribution in [2.45, 2.75) is 32.6 Å². The van der Waals surface area contributed by atoms with Gasteiger partial charge in [-0.3, -0.25) is 9.69 Å². The van der Waals surface area contributed by atoms with Crippen LogP contribution in [0.2, 0.25) is 0 Å². The van der Waals surface area contributed by atoms with E-state index in [0.717, 1.165) is 67.1 Å². The number of hydrogen-bond acceptors (Lipinski definition) is 6. The van der Waals surface area contributed by atoms with Crippen LogP contribution in [-0.2, 0) is 4.74 Å². The molecule has 2 aromatic rings. The number of ether oxygens (including phenoxy) is 1. The quantitative estimate of drug-likeness (QED) is 0.553. The number of rotatable bonds is 10. The van der Waals surface area contributed by atoms with E-state index in [1.54, 1.807) is 17.5 Å². The maximum atomic E-state index is 13.1. The van der Waals surface area contributed by atoms with Gasteiger partial charge in [0.25, 0.3) is 5.91 Å². The Morgan fingerprint density at radius 3 is 2.85 bits per heavy atom. The molecule has 0 radical (unpaired) electrons. The molecular weight excluding hydrogens is 378 g/mol. The molecule has 27 heavy (non-hydrogen) atoms. The normalized spacial score (nSPS) is 15.1. The maximum Gasteiger partial charge on any atom is 0.265 e. The largest absolute Gasteiger partial charge is 0.379 e. The minimum Gasteiger partial charge on any atom is -0.379 e. The average Bonchev–Trinajstić information content (AvgIpc) is 3.39. The Bertz CT molecular complexity index is 681. The Labute approximate surface area is 170 Å². The van der Waals surface area contributed by atoms with Gasteiger partial charge in [0.2, 0.25) is 0 Å². The SMILES string of the molecule is CCCCCCN(CCN1CCOCC1)C(=O)c1cnc(-c2cccs2)s1. The zero-order valence-corrected chi connectivity index (χ0v) is 17.7. The Hall–Kier alpha value is -1.28. The number of thiophene rings is 1. The van der Waals surface area contributed by atoms with Crippen LogP contribution < -0.4 is 0 Å². The third-order valence-corrected chi connectivity index (χ3v) is 6.83. The van der Waals surface area contributed by atoms with Crippen molar-refractivity contribution in [2.24, 2.45) is 0 Å². The van der Waals surface area contributed by atoms with Crippen molar-refractivity contribution in [3.8, 4) is 9.88 Å². The molecule has 0 saturated carbocycles. The highest BCUT2D eigenvalue weighted by Gasteiger charge is 2.20. The summed E-state index contributed by atoms with van der Waals surface area (Å²) < 4.78 is 5.43. The highest BCUT2D eigenvalue weighted by atomic mass is 32.1. The monoisotopic (exact) mass is 407 g/mol. The minimum absolute atomic E-state index is 0.125. The molecule has 5 nitrogen and oxygen atoms in total. The topological polar surface area (TPSA) is 45.7 Å². The number of unbranched alkanes of at least 4 members (excludes halogenated alkanes) is 3. The van der Waals surface area contributed by atoms with Crippen LogP contribution in [0.4, 0.5) is 0 Å². The summed E-state index contributed by atoms with van der Waals surface area (Å²) in [7, 11) is 0. The number of hydrogen-bond donors (Lipinski definition) is 0. The van der Waals surface area contributed by atoms with Gasteiger partial charge in [0.1, 0.15) is 9.88 Å². The standard InChI is InChI=1S/C20H29N3O2S2/c1-2-3-4-5-8-23(10-9-22-11-13-25-14-12-22)20(24)18-16-21-19(27-18)17-7-6-15-26-17/h6-7,15-16H,2-5,8-14H2,1H3. The zero-order valence-electron chi connectivity index (χ0n) is 16.1. The van der Waals surface area contributed by atoms with Gasteiger partial charge in [-0.25, -0.2) is 4.98 Å². The summed E-state index contributed by atoms with van der Waals surface area (Å²) in [5, 5.41) is 2.98. The molecule has 1 aliphatic heterocycles. The second-order valence-electron chi connectivity index (χ2n) is 6.81. The fourth-order valence-corrected chi connectivity index (χ4v) is 4.86. The van der Waals surface area contributed by atoms with Crippen LogP contribution in [-0.4, -0.2) is 66.6 Å². The van der Waals surface area contributed by atoms with Gasteiger partial charge in [-0.1, -0.05) is 32.3 Å². The third kappa shape index (κ3) is 6.10. The first-order valence-corrected chi connectivity index (χ1v) is 11.6. The average molecular weight is 408 g/mol. The van der Waals surface area contributed by atoms with Gasteiger partial charge in [0.05, 0.1) is 24.3 Å². The van der Waals surface area contributed by atoms with Crippen molar-refractivity contribution in [1.82, 2.24) is 14.8 Å². The molecule has 0 aliphatic carbocycles. The molecule has 1 fully saturated rings. The van der Waals surface area contributed by atoms with Gasteiger partial charge in [-0.05, 0) is 17.9 Å². The number of aromatic nitrogens is 1. The number of amides is 1. The summed E-state index contributed by atoms with van der Waals surface area (Å²) in [5.74, 6) is 0.125. The zero-order chi connectivity index (χ0) is 18.9. The molecule has 0 aromatic carbocycles. The summed E-state index contributed by atoms with van der Waals surface area (Å²) in [4.78, 5) is 23.9. The summed E-state index contributed by atoms with van der Waals surface area (Å²) in [6.07, 6.45) is 6.44. The summed E-state index contributed by atoms with van der Waals surface area (Å²) >= 11 is 3.17. The molecule has 1 aliphatic rings. The summed E-state index contributed by atoms with van der Waals surface area (Å²) in [5.41, 5.74) is 0. The van der Waals surface area contributed by atoms with Crippen molar-refractivity contribution in [1.29, 1.82) is 0 Å². The molecule has 0 atom stereocenters. The van der Waals surface area contributed by atoms with Crippen molar-refractivity contribution >= 4 is 28.6 Å². The van der Waals surface area contributed by atoms with Gasteiger partial charge in [-0.2, -0.15) is 0 Å². The third-order valence-electron chi connectivity index (χ3n) is 4.81. The van der Waals surface area contributed by atoms with Crippen LogP contribution in [0, 0.1) is 0 Å². The predicted molar refractivity (Wildman–Crippen MR) is 113 cm³/mol. The van der Waals surface area contributed by atoms with Crippen molar-refractivity contribution < 1.29 is 9.53 Å². The van der Waals surface area contributed by atoms with Crippen molar-refractivity contribution in [2.75, 3.05) is 45.9 Å². The van der Waals surface area contributed by atoms with E-state index in [4.69, 9.17) is 4.74 Å². The lowest BCUT2D eigenvalue weighted by Crippen LogP contribution is -2.43. The van der Waals surface area contributed by atoms with Crippen molar-refractivity contribution in [3.63, 3.8) is 0 Å². The molecule has 148 valence electrons. The fourth-order valence-electron chi connectivity index (χ4n) is 3.17. The Morgan fingerprint density at radius 2 is 2.11 bits per heavy atom. The van der Waals surface area contributed by atoms with Crippen molar-refractivity contribution in [3.05, 3.63) is 28.6 Å². The Morgan fingerprint density at radius 1 is 1.26 bits per heavy atom. The molecule has 0 bridgehead atoms. The highest BCUT2D eigenvalue weighted by Crippen LogP contribution is 2.29. The first-order valence-electron chi connectivity index (χ1n) is 9.87. The number of thiazole rings is 1. The first kappa shape index (κ1) is 20.5. The second kappa shape index (κ2) is 10.9. The van der Waals surface area contributed by atoms with Crippen LogP contribution in [0.25, 0.3) is 9.88 Å². The molecule has 3 heterocycles. The van der Waals surface area contributed by atoms with Gasteiger partial charge in [-0.15, -0.1) is 22.7 Å². The van der Waals surface area contributed by atoms with E-state index < -0.39 is 0 Å². The van der Waals surface area contributed by atoms with E-state index >= 15 is 0 Å². The lowest BCUT2D eigenvalue weighted by molar-refractivity contribution is 0.0324. The molecule has 0 N–H and O–H groups in total.